The van der Waals surface area contributed by atoms with Crippen molar-refractivity contribution in [2.75, 3.05) is 7.11 Å². The second kappa shape index (κ2) is 6.14. The number of ether oxygens (including phenoxy) is 1. The van der Waals surface area contributed by atoms with Crippen LogP contribution in [0.3, 0.4) is 0 Å². The number of rotatable bonds is 3. The van der Waals surface area contributed by atoms with Crippen molar-refractivity contribution in [3.05, 3.63) is 62.2 Å². The topological polar surface area (TPSA) is 9.23 Å². The average Bonchev–Trinajstić information content (AvgIpc) is 2.38. The highest BCUT2D eigenvalue weighted by molar-refractivity contribution is 14.1. The molecule has 0 aliphatic heterocycles. The van der Waals surface area contributed by atoms with Crippen LogP contribution in [-0.2, 0) is 0 Å². The Kier molecular flexibility index (Phi) is 4.74. The van der Waals surface area contributed by atoms with E-state index in [2.05, 4.69) is 60.7 Å². The molecule has 0 fully saturated rings. The fourth-order valence-corrected chi connectivity index (χ4v) is 3.51. The Morgan fingerprint density at radius 2 is 1.68 bits per heavy atom. The Morgan fingerprint density at radius 3 is 2.21 bits per heavy atom. The fraction of sp³-hybridized carbons (Fsp3) is 0.250. The molecule has 0 aromatic heterocycles. The molecule has 0 N–H and O–H groups in total. The molecule has 0 saturated carbocycles. The average molecular weight is 387 g/mol. The third-order valence-electron chi connectivity index (χ3n) is 3.16. The third-order valence-corrected chi connectivity index (χ3v) is 4.63. The summed E-state index contributed by atoms with van der Waals surface area (Å²) in [4.78, 5) is 0. The van der Waals surface area contributed by atoms with Crippen LogP contribution in [-0.4, -0.2) is 7.11 Å². The van der Waals surface area contributed by atoms with E-state index in [9.17, 15) is 0 Å². The van der Waals surface area contributed by atoms with Gasteiger partial charge in [0.1, 0.15) is 5.75 Å². The second-order valence-corrected chi connectivity index (χ2v) is 6.17. The molecule has 3 heteroatoms. The van der Waals surface area contributed by atoms with Crippen LogP contribution >= 0.6 is 34.2 Å². The molecule has 19 heavy (non-hydrogen) atoms. The molecule has 1 atom stereocenters. The lowest BCUT2D eigenvalue weighted by Crippen LogP contribution is -1.99. The van der Waals surface area contributed by atoms with Crippen molar-refractivity contribution in [1.82, 2.24) is 0 Å². The third kappa shape index (κ3) is 3.06. The molecule has 2 rings (SSSR count). The van der Waals surface area contributed by atoms with E-state index >= 15 is 0 Å². The van der Waals surface area contributed by atoms with Gasteiger partial charge in [0, 0.05) is 3.57 Å². The number of hydrogen-bond donors (Lipinski definition) is 0. The lowest BCUT2D eigenvalue weighted by atomic mass is 9.99. The van der Waals surface area contributed by atoms with Gasteiger partial charge in [-0.2, -0.15) is 0 Å². The van der Waals surface area contributed by atoms with Crippen molar-refractivity contribution in [3.63, 3.8) is 0 Å². The fourth-order valence-electron chi connectivity index (χ4n) is 2.31. The number of alkyl halides is 1. The summed E-state index contributed by atoms with van der Waals surface area (Å²) in [5, 5.41) is -0.128. The summed E-state index contributed by atoms with van der Waals surface area (Å²) < 4.78 is 6.58. The molecule has 0 spiro atoms. The van der Waals surface area contributed by atoms with Gasteiger partial charge in [0.05, 0.1) is 12.5 Å². The van der Waals surface area contributed by atoms with Gasteiger partial charge in [-0.1, -0.05) is 30.3 Å². The minimum Gasteiger partial charge on any atom is -0.496 e. The molecule has 0 aliphatic carbocycles. The first-order valence-electron chi connectivity index (χ1n) is 6.08. The lowest BCUT2D eigenvalue weighted by Gasteiger charge is -2.16. The molecule has 0 bridgehead atoms. The van der Waals surface area contributed by atoms with E-state index < -0.39 is 0 Å². The molecule has 2 aromatic rings. The predicted molar refractivity (Wildman–Crippen MR) is 89.3 cm³/mol. The first-order chi connectivity index (χ1) is 9.04. The van der Waals surface area contributed by atoms with Crippen LogP contribution in [0.25, 0.3) is 0 Å². The summed E-state index contributed by atoms with van der Waals surface area (Å²) >= 11 is 8.96. The maximum absolute atomic E-state index is 6.63. The van der Waals surface area contributed by atoms with Gasteiger partial charge in [0.2, 0.25) is 0 Å². The molecular weight excluding hydrogens is 371 g/mol. The van der Waals surface area contributed by atoms with Crippen LogP contribution in [0.2, 0.25) is 0 Å². The highest BCUT2D eigenvalue weighted by Crippen LogP contribution is 2.35. The van der Waals surface area contributed by atoms with Gasteiger partial charge < -0.3 is 4.74 Å². The van der Waals surface area contributed by atoms with Crippen LogP contribution in [0, 0.1) is 17.4 Å². The highest BCUT2D eigenvalue weighted by Gasteiger charge is 2.16. The quantitative estimate of drug-likeness (QED) is 0.517. The zero-order valence-electron chi connectivity index (χ0n) is 11.2. The normalized spacial score (nSPS) is 12.3. The minimum atomic E-state index is -0.128. The van der Waals surface area contributed by atoms with Gasteiger partial charge in [-0.3, -0.25) is 0 Å². The smallest absolute Gasteiger partial charge is 0.124 e. The number of aryl methyl sites for hydroxylation is 2. The molecule has 0 radical (unpaired) electrons. The van der Waals surface area contributed by atoms with Gasteiger partial charge in [-0.05, 0) is 64.8 Å². The molecule has 0 aliphatic rings. The van der Waals surface area contributed by atoms with E-state index in [4.69, 9.17) is 16.3 Å². The highest BCUT2D eigenvalue weighted by atomic mass is 127. The summed E-state index contributed by atoms with van der Waals surface area (Å²) in [6.45, 7) is 4.10. The van der Waals surface area contributed by atoms with Crippen molar-refractivity contribution in [2.24, 2.45) is 0 Å². The molecular formula is C16H16ClIO. The van der Waals surface area contributed by atoms with E-state index in [1.807, 2.05) is 12.1 Å². The van der Waals surface area contributed by atoms with Crippen molar-refractivity contribution in [2.45, 2.75) is 19.2 Å². The molecule has 100 valence electrons. The number of methoxy groups -OCH3 is 1. The summed E-state index contributed by atoms with van der Waals surface area (Å²) in [7, 11) is 1.70. The molecule has 1 unspecified atom stereocenters. The van der Waals surface area contributed by atoms with Gasteiger partial charge in [0.15, 0.2) is 0 Å². The number of halogens is 2. The molecule has 1 nitrogen and oxygen atoms in total. The summed E-state index contributed by atoms with van der Waals surface area (Å²) in [6, 6.07) is 12.4. The van der Waals surface area contributed by atoms with E-state index in [-0.39, 0.29) is 5.38 Å². The lowest BCUT2D eigenvalue weighted by molar-refractivity contribution is 0.408. The largest absolute Gasteiger partial charge is 0.496 e. The van der Waals surface area contributed by atoms with Crippen molar-refractivity contribution in [1.29, 1.82) is 0 Å². The van der Waals surface area contributed by atoms with E-state index in [0.717, 1.165) is 28.0 Å². The summed E-state index contributed by atoms with van der Waals surface area (Å²) in [5.41, 5.74) is 4.50. The second-order valence-electron chi connectivity index (χ2n) is 4.57. The van der Waals surface area contributed by atoms with E-state index in [1.54, 1.807) is 7.11 Å². The SMILES string of the molecule is COc1c(C)cc(C(Cl)c2ccccc2I)cc1C. The van der Waals surface area contributed by atoms with Crippen molar-refractivity contribution >= 4 is 34.2 Å². The zero-order chi connectivity index (χ0) is 14.0. The van der Waals surface area contributed by atoms with Crippen molar-refractivity contribution in [3.8, 4) is 5.75 Å². The first-order valence-corrected chi connectivity index (χ1v) is 7.59. The number of hydrogen-bond acceptors (Lipinski definition) is 1. The van der Waals surface area contributed by atoms with Gasteiger partial charge in [-0.25, -0.2) is 0 Å². The maximum Gasteiger partial charge on any atom is 0.124 e. The van der Waals surface area contributed by atoms with Gasteiger partial charge >= 0.3 is 0 Å². The van der Waals surface area contributed by atoms with Crippen LogP contribution < -0.4 is 4.74 Å². The Labute approximate surface area is 133 Å². The Morgan fingerprint density at radius 1 is 1.11 bits per heavy atom. The number of benzene rings is 2. The van der Waals surface area contributed by atoms with E-state index in [1.165, 1.54) is 3.57 Å². The molecule has 0 heterocycles. The van der Waals surface area contributed by atoms with Crippen LogP contribution in [0.1, 0.15) is 27.6 Å². The monoisotopic (exact) mass is 386 g/mol. The predicted octanol–water partition coefficient (Wildman–Crippen LogP) is 5.24. The molecule has 0 amide bonds. The van der Waals surface area contributed by atoms with Gasteiger partial charge in [0.25, 0.3) is 0 Å². The summed E-state index contributed by atoms with van der Waals surface area (Å²) in [5.74, 6) is 0.940. The van der Waals surface area contributed by atoms with Crippen LogP contribution in [0.4, 0.5) is 0 Å². The maximum atomic E-state index is 6.63. The summed E-state index contributed by atoms with van der Waals surface area (Å²) in [6.07, 6.45) is 0. The van der Waals surface area contributed by atoms with Crippen LogP contribution in [0.15, 0.2) is 36.4 Å². The standard InChI is InChI=1S/C16H16ClIO/c1-10-8-12(9-11(2)16(10)19-3)15(17)13-6-4-5-7-14(13)18/h4-9,15H,1-3H3. The van der Waals surface area contributed by atoms with E-state index in [0.29, 0.717) is 0 Å². The Bertz CT molecular complexity index is 572. The Balaban J connectivity index is 2.45. The molecule has 0 saturated heterocycles. The van der Waals surface area contributed by atoms with Crippen molar-refractivity contribution < 1.29 is 4.74 Å². The molecule has 2 aromatic carbocycles. The first kappa shape index (κ1) is 14.7. The van der Waals surface area contributed by atoms with Gasteiger partial charge in [-0.15, -0.1) is 11.6 Å². The van der Waals surface area contributed by atoms with Crippen LogP contribution in [0.5, 0.6) is 5.75 Å². The minimum absolute atomic E-state index is 0.128. The Hall–Kier alpha value is -0.740. The zero-order valence-corrected chi connectivity index (χ0v) is 14.1.